The van der Waals surface area contributed by atoms with Gasteiger partial charge in [0, 0.05) is 24.7 Å². The predicted molar refractivity (Wildman–Crippen MR) is 143 cm³/mol. The molecular weight excluding hydrogens is 508 g/mol. The van der Waals surface area contributed by atoms with E-state index < -0.39 is 39.9 Å². The van der Waals surface area contributed by atoms with Crippen LogP contribution in [0.5, 0.6) is 5.75 Å². The molecule has 1 amide bonds. The number of amides is 1. The van der Waals surface area contributed by atoms with Gasteiger partial charge in [-0.05, 0) is 31.6 Å². The molecule has 0 saturated carbocycles. The fraction of sp³-hybridized carbons (Fsp3) is 0.296. The molecule has 11 heteroatoms. The third-order valence-electron chi connectivity index (χ3n) is 6.64. The summed E-state index contributed by atoms with van der Waals surface area (Å²) in [5.41, 5.74) is 0.786. The van der Waals surface area contributed by atoms with E-state index in [1.54, 1.807) is 6.92 Å². The molecule has 0 bridgehead atoms. The fourth-order valence-electron chi connectivity index (χ4n) is 4.54. The molecule has 0 radical (unpaired) electrons. The summed E-state index contributed by atoms with van der Waals surface area (Å²) in [6.45, 7) is 7.78. The molecule has 1 atom stereocenters. The normalized spacial score (nSPS) is 15.5. The molecule has 4 rings (SSSR count). The van der Waals surface area contributed by atoms with Gasteiger partial charge in [-0.15, -0.1) is 11.3 Å². The second-order valence-electron chi connectivity index (χ2n) is 8.82. The number of rotatable bonds is 10. The van der Waals surface area contributed by atoms with Crippen LogP contribution in [0.2, 0.25) is 0 Å². The Morgan fingerprint density at radius 2 is 1.84 bits per heavy atom. The Kier molecular flexibility index (Phi) is 7.88. The van der Waals surface area contributed by atoms with Crippen molar-refractivity contribution in [3.8, 4) is 16.3 Å². The number of hydrogen-bond donors (Lipinski definition) is 2. The van der Waals surface area contributed by atoms with Crippen molar-refractivity contribution in [2.75, 3.05) is 26.2 Å². The fourth-order valence-corrected chi connectivity index (χ4v) is 5.57. The molecule has 0 spiro atoms. The number of thiazole rings is 1. The number of carbonyl (C=O) groups excluding carboxylic acids is 2. The van der Waals surface area contributed by atoms with Crippen molar-refractivity contribution in [3.05, 3.63) is 86.1 Å². The van der Waals surface area contributed by atoms with Crippen LogP contribution >= 0.6 is 11.3 Å². The Hall–Kier alpha value is -4.09. The van der Waals surface area contributed by atoms with Gasteiger partial charge in [0.2, 0.25) is 5.78 Å². The van der Waals surface area contributed by atoms with E-state index >= 15 is 0 Å². The maximum Gasteiger partial charge on any atom is 0.311 e. The predicted octanol–water partition coefficient (Wildman–Crippen LogP) is 4.65. The van der Waals surface area contributed by atoms with Crippen LogP contribution in [0.25, 0.3) is 10.6 Å². The number of aromatic hydroxyl groups is 1. The second kappa shape index (κ2) is 11.1. The Morgan fingerprint density at radius 1 is 1.16 bits per heavy atom. The van der Waals surface area contributed by atoms with Crippen LogP contribution in [0.1, 0.15) is 40.8 Å². The van der Waals surface area contributed by atoms with Crippen LogP contribution in [-0.4, -0.2) is 67.8 Å². The number of aryl methyl sites for hydroxylation is 1. The largest absolute Gasteiger partial charge is 0.503 e. The smallest absolute Gasteiger partial charge is 0.311 e. The Morgan fingerprint density at radius 3 is 2.47 bits per heavy atom. The number of aliphatic hydroxyl groups excluding tert-OH is 1. The van der Waals surface area contributed by atoms with E-state index in [0.29, 0.717) is 17.2 Å². The average Bonchev–Trinajstić information content (AvgIpc) is 3.42. The highest BCUT2D eigenvalue weighted by molar-refractivity contribution is 7.17. The lowest BCUT2D eigenvalue weighted by atomic mass is 9.94. The Labute approximate surface area is 223 Å². The summed E-state index contributed by atoms with van der Waals surface area (Å²) < 4.78 is 0. The zero-order valence-corrected chi connectivity index (χ0v) is 22.1. The minimum atomic E-state index is -1.08. The lowest BCUT2D eigenvalue weighted by molar-refractivity contribution is -0.385. The molecule has 2 N–H and O–H groups in total. The molecule has 1 unspecified atom stereocenters. The van der Waals surface area contributed by atoms with Gasteiger partial charge < -0.3 is 20.0 Å². The number of ketones is 1. The average molecular weight is 537 g/mol. The summed E-state index contributed by atoms with van der Waals surface area (Å²) >= 11 is 1.15. The number of nitro groups is 1. The number of hydrogen-bond acceptors (Lipinski definition) is 9. The molecule has 1 aliphatic heterocycles. The molecule has 2 aromatic carbocycles. The summed E-state index contributed by atoms with van der Waals surface area (Å²) in [4.78, 5) is 46.2. The third-order valence-corrected chi connectivity index (χ3v) is 7.84. The van der Waals surface area contributed by atoms with Gasteiger partial charge in [0.05, 0.1) is 27.1 Å². The summed E-state index contributed by atoms with van der Waals surface area (Å²) in [5.74, 6) is -2.53. The molecule has 10 nitrogen and oxygen atoms in total. The number of nitrogens with zero attached hydrogens (tertiary/aromatic N) is 4. The van der Waals surface area contributed by atoms with E-state index in [0.717, 1.165) is 42.1 Å². The van der Waals surface area contributed by atoms with Gasteiger partial charge in [0.15, 0.2) is 11.5 Å². The molecule has 2 heterocycles. The van der Waals surface area contributed by atoms with E-state index in [4.69, 9.17) is 0 Å². The first-order chi connectivity index (χ1) is 18.2. The van der Waals surface area contributed by atoms with Crippen molar-refractivity contribution in [2.24, 2.45) is 0 Å². The highest BCUT2D eigenvalue weighted by Crippen LogP contribution is 2.42. The van der Waals surface area contributed by atoms with Crippen molar-refractivity contribution in [1.82, 2.24) is 14.8 Å². The van der Waals surface area contributed by atoms with Crippen LogP contribution in [0, 0.1) is 17.0 Å². The van der Waals surface area contributed by atoms with Crippen LogP contribution in [0.3, 0.4) is 0 Å². The van der Waals surface area contributed by atoms with Crippen molar-refractivity contribution < 1.29 is 24.7 Å². The highest BCUT2D eigenvalue weighted by atomic mass is 32.1. The molecular formula is C27H28N4O6S. The third kappa shape index (κ3) is 5.02. The molecule has 0 aliphatic carbocycles. The number of nitro benzene ring substituents is 1. The van der Waals surface area contributed by atoms with Crippen molar-refractivity contribution in [2.45, 2.75) is 26.8 Å². The van der Waals surface area contributed by atoms with Crippen LogP contribution in [-0.2, 0) is 4.79 Å². The van der Waals surface area contributed by atoms with Crippen molar-refractivity contribution in [3.63, 3.8) is 0 Å². The number of aromatic nitrogens is 1. The van der Waals surface area contributed by atoms with Crippen molar-refractivity contribution >= 4 is 28.7 Å². The highest BCUT2D eigenvalue weighted by Gasteiger charge is 2.45. The molecule has 1 aromatic heterocycles. The second-order valence-corrected chi connectivity index (χ2v) is 9.82. The summed E-state index contributed by atoms with van der Waals surface area (Å²) in [6, 6.07) is 12.0. The summed E-state index contributed by atoms with van der Waals surface area (Å²) in [6.07, 6.45) is 0. The maximum atomic E-state index is 13.9. The summed E-state index contributed by atoms with van der Waals surface area (Å²) in [7, 11) is 0. The first-order valence-electron chi connectivity index (χ1n) is 12.2. The first-order valence-corrected chi connectivity index (χ1v) is 13.0. The number of phenols is 1. The monoisotopic (exact) mass is 536 g/mol. The van der Waals surface area contributed by atoms with Gasteiger partial charge in [-0.25, -0.2) is 4.98 Å². The number of carbonyl (C=O) groups is 2. The summed E-state index contributed by atoms with van der Waals surface area (Å²) in [5, 5.41) is 33.1. The molecule has 38 heavy (non-hydrogen) atoms. The Bertz CT molecular complexity index is 1410. The molecule has 0 fully saturated rings. The lowest BCUT2D eigenvalue weighted by Crippen LogP contribution is -2.38. The van der Waals surface area contributed by atoms with E-state index in [1.807, 2.05) is 44.2 Å². The topological polar surface area (TPSA) is 137 Å². The van der Waals surface area contributed by atoms with Crippen LogP contribution in [0.15, 0.2) is 59.9 Å². The van der Waals surface area contributed by atoms with Gasteiger partial charge in [0.1, 0.15) is 5.01 Å². The van der Waals surface area contributed by atoms with Gasteiger partial charge in [-0.3, -0.25) is 19.7 Å². The quantitative estimate of drug-likeness (QED) is 0.217. The van der Waals surface area contributed by atoms with Crippen LogP contribution in [0.4, 0.5) is 5.69 Å². The first kappa shape index (κ1) is 27.0. The van der Waals surface area contributed by atoms with Gasteiger partial charge in [-0.1, -0.05) is 50.2 Å². The Balaban J connectivity index is 1.80. The minimum Gasteiger partial charge on any atom is -0.503 e. The van der Waals surface area contributed by atoms with Gasteiger partial charge >= 0.3 is 5.69 Å². The number of phenolic OH excluding ortho intramolecular Hbond substituents is 1. The molecule has 0 saturated heterocycles. The number of benzene rings is 2. The van der Waals surface area contributed by atoms with E-state index in [-0.39, 0.29) is 22.6 Å². The van der Waals surface area contributed by atoms with Gasteiger partial charge in [-0.2, -0.15) is 0 Å². The van der Waals surface area contributed by atoms with E-state index in [9.17, 15) is 29.9 Å². The van der Waals surface area contributed by atoms with E-state index in [2.05, 4.69) is 9.88 Å². The lowest BCUT2D eigenvalue weighted by Gasteiger charge is -2.29. The number of likely N-dealkylation sites (N-methyl/N-ethyl adjacent to an activating group) is 1. The van der Waals surface area contributed by atoms with Crippen molar-refractivity contribution in [1.29, 1.82) is 0 Å². The SMILES string of the molecule is CCN(CC)CCN1C(=O)C(O)=C(C(=O)c2sc(-c3ccccc3)nc2C)C1c1ccc(O)c([N+](=O)[O-])c1. The molecule has 198 valence electrons. The zero-order chi connectivity index (χ0) is 27.6. The molecule has 3 aromatic rings. The minimum absolute atomic E-state index is 0.166. The zero-order valence-electron chi connectivity index (χ0n) is 21.2. The van der Waals surface area contributed by atoms with E-state index in [1.165, 1.54) is 11.0 Å². The van der Waals surface area contributed by atoms with Crippen LogP contribution < -0.4 is 0 Å². The molecule has 1 aliphatic rings. The number of Topliss-reactive ketones (excluding diaryl/α,β-unsaturated/α-hetero) is 1. The van der Waals surface area contributed by atoms with Gasteiger partial charge in [0.25, 0.3) is 5.91 Å². The number of aliphatic hydroxyl groups is 1. The maximum absolute atomic E-state index is 13.9. The standard InChI is InChI=1S/C27H28N4O6S/c1-4-29(5-2)13-14-30-22(18-11-12-20(32)19(15-18)31(36)37)21(24(34)27(30)35)23(33)25-16(3)28-26(38-25)17-9-7-6-8-10-17/h6-12,15,22,32,34H,4-5,13-14H2,1-3H3.